The highest BCUT2D eigenvalue weighted by atomic mass is 19.4. The number of carboxylic acid groups (broad SMARTS) is 1. The molecule has 0 fully saturated rings. The molecule has 0 aliphatic heterocycles. The van der Waals surface area contributed by atoms with E-state index in [1.807, 2.05) is 0 Å². The molecule has 4 aromatic rings. The summed E-state index contributed by atoms with van der Waals surface area (Å²) in [5, 5.41) is 15.8. The minimum atomic E-state index is -4.87. The van der Waals surface area contributed by atoms with Crippen LogP contribution in [0.25, 0.3) is 22.5 Å². The molecule has 2 N–H and O–H groups in total. The van der Waals surface area contributed by atoms with Gasteiger partial charge in [0.05, 0.1) is 24.4 Å². The first-order chi connectivity index (χ1) is 19.8. The fraction of sp³-hybridized carbons (Fsp3) is 0.179. The molecule has 0 aliphatic rings. The molecule has 0 unspecified atom stereocenters. The van der Waals surface area contributed by atoms with E-state index in [0.717, 1.165) is 24.3 Å². The van der Waals surface area contributed by atoms with Crippen LogP contribution in [0.15, 0.2) is 78.9 Å². The Hall–Kier alpha value is -5.01. The van der Waals surface area contributed by atoms with Crippen molar-refractivity contribution in [1.29, 1.82) is 0 Å². The summed E-state index contributed by atoms with van der Waals surface area (Å²) in [6.07, 6.45) is -9.98. The van der Waals surface area contributed by atoms with E-state index in [4.69, 9.17) is 5.11 Å². The molecule has 0 spiro atoms. The van der Waals surface area contributed by atoms with Crippen molar-refractivity contribution in [2.75, 3.05) is 6.54 Å². The number of aliphatic carboxylic acids is 1. The van der Waals surface area contributed by atoms with Crippen molar-refractivity contribution in [3.8, 4) is 34.0 Å². The van der Waals surface area contributed by atoms with E-state index in [-0.39, 0.29) is 25.1 Å². The van der Waals surface area contributed by atoms with Gasteiger partial charge in [0, 0.05) is 23.2 Å². The maximum Gasteiger partial charge on any atom is 0.573 e. The van der Waals surface area contributed by atoms with Gasteiger partial charge in [-0.15, -0.1) is 26.3 Å². The lowest BCUT2D eigenvalue weighted by atomic mass is 10.1. The topological polar surface area (TPSA) is 103 Å². The number of hydrogen-bond donors (Lipinski definition) is 2. The van der Waals surface area contributed by atoms with Gasteiger partial charge in [0.2, 0.25) is 0 Å². The predicted molar refractivity (Wildman–Crippen MR) is 137 cm³/mol. The zero-order valence-electron chi connectivity index (χ0n) is 21.4. The molecule has 0 radical (unpaired) electrons. The van der Waals surface area contributed by atoms with Gasteiger partial charge in [-0.3, -0.25) is 14.3 Å². The lowest BCUT2D eigenvalue weighted by Gasteiger charge is -2.11. The third kappa shape index (κ3) is 8.49. The number of carbonyl (C=O) groups is 2. The van der Waals surface area contributed by atoms with Crippen LogP contribution < -0.4 is 14.8 Å². The summed E-state index contributed by atoms with van der Waals surface area (Å²) in [6, 6.07) is 18.1. The highest BCUT2D eigenvalue weighted by Crippen LogP contribution is 2.31. The van der Waals surface area contributed by atoms with E-state index in [2.05, 4.69) is 19.9 Å². The van der Waals surface area contributed by atoms with Crippen molar-refractivity contribution in [3.63, 3.8) is 0 Å². The van der Waals surface area contributed by atoms with E-state index in [9.17, 15) is 35.9 Å². The normalized spacial score (nSPS) is 11.7. The van der Waals surface area contributed by atoms with Crippen LogP contribution in [0.2, 0.25) is 0 Å². The smallest absolute Gasteiger partial charge is 0.481 e. The number of alkyl halides is 6. The van der Waals surface area contributed by atoms with Crippen molar-refractivity contribution in [1.82, 2.24) is 15.1 Å². The quantitative estimate of drug-likeness (QED) is 0.210. The molecule has 220 valence electrons. The van der Waals surface area contributed by atoms with Gasteiger partial charge < -0.3 is 19.9 Å². The van der Waals surface area contributed by atoms with Crippen LogP contribution >= 0.6 is 0 Å². The van der Waals surface area contributed by atoms with Gasteiger partial charge >= 0.3 is 18.7 Å². The Morgan fingerprint density at radius 2 is 1.38 bits per heavy atom. The monoisotopic (exact) mass is 593 g/mol. The number of carbonyl (C=O) groups excluding carboxylic acids is 1. The lowest BCUT2D eigenvalue weighted by molar-refractivity contribution is -0.275. The van der Waals surface area contributed by atoms with Gasteiger partial charge in [-0.25, -0.2) is 0 Å². The number of amides is 1. The summed E-state index contributed by atoms with van der Waals surface area (Å²) in [5.74, 6) is -2.41. The Balaban J connectivity index is 1.65. The molecule has 0 bridgehead atoms. The van der Waals surface area contributed by atoms with E-state index in [0.29, 0.717) is 28.1 Å². The Morgan fingerprint density at radius 3 is 1.93 bits per heavy atom. The fourth-order valence-electron chi connectivity index (χ4n) is 3.93. The Bertz CT molecular complexity index is 1550. The van der Waals surface area contributed by atoms with Crippen LogP contribution in [0.1, 0.15) is 22.3 Å². The van der Waals surface area contributed by atoms with E-state index in [1.54, 1.807) is 30.3 Å². The Kier molecular flexibility index (Phi) is 8.73. The van der Waals surface area contributed by atoms with Crippen LogP contribution in [-0.4, -0.2) is 46.0 Å². The minimum absolute atomic E-state index is 0.0636. The fourth-order valence-corrected chi connectivity index (χ4v) is 3.93. The molecule has 3 aromatic carbocycles. The molecule has 0 saturated carbocycles. The van der Waals surface area contributed by atoms with Gasteiger partial charge in [-0.05, 0) is 72.3 Å². The van der Waals surface area contributed by atoms with Crippen molar-refractivity contribution in [2.24, 2.45) is 0 Å². The van der Waals surface area contributed by atoms with Gasteiger partial charge in [0.15, 0.2) is 0 Å². The summed E-state index contributed by atoms with van der Waals surface area (Å²) < 4.78 is 84.8. The second-order valence-corrected chi connectivity index (χ2v) is 8.82. The standard InChI is InChI=1S/C28H21F6N3O5/c29-27(30,31)41-21-8-4-18(5-9-21)23-15-24(19-6-10-22(11-7-19)42-28(32,33)34)37(36-23)16-17-2-1-3-20(14-17)26(40)35-13-12-25(38)39/h1-11,14-15H,12-13,16H2,(H,35,40)(H,38,39). The molecule has 4 rings (SSSR count). The molecular formula is C28H21F6N3O5. The third-order valence-electron chi connectivity index (χ3n) is 5.69. The minimum Gasteiger partial charge on any atom is -0.481 e. The van der Waals surface area contributed by atoms with Gasteiger partial charge in [-0.1, -0.05) is 12.1 Å². The largest absolute Gasteiger partial charge is 0.573 e. The highest BCUT2D eigenvalue weighted by molar-refractivity contribution is 5.94. The van der Waals surface area contributed by atoms with Gasteiger partial charge in [0.25, 0.3) is 5.91 Å². The first kappa shape index (κ1) is 30.0. The molecule has 0 atom stereocenters. The first-order valence-corrected chi connectivity index (χ1v) is 12.1. The number of rotatable bonds is 10. The molecule has 0 aliphatic carbocycles. The van der Waals surface area contributed by atoms with E-state index >= 15 is 0 Å². The average Bonchev–Trinajstić information content (AvgIpc) is 3.31. The summed E-state index contributed by atoms with van der Waals surface area (Å²) in [6.45, 7) is 0.0353. The third-order valence-corrected chi connectivity index (χ3v) is 5.69. The molecule has 14 heteroatoms. The summed E-state index contributed by atoms with van der Waals surface area (Å²) >= 11 is 0. The predicted octanol–water partition coefficient (Wildman–Crippen LogP) is 6.27. The molecule has 42 heavy (non-hydrogen) atoms. The molecule has 1 heterocycles. The lowest BCUT2D eigenvalue weighted by Crippen LogP contribution is -2.26. The second kappa shape index (κ2) is 12.2. The number of nitrogens with zero attached hydrogens (tertiary/aromatic N) is 2. The van der Waals surface area contributed by atoms with Crippen molar-refractivity contribution in [2.45, 2.75) is 25.7 Å². The first-order valence-electron chi connectivity index (χ1n) is 12.1. The van der Waals surface area contributed by atoms with Crippen LogP contribution in [0.5, 0.6) is 11.5 Å². The maximum absolute atomic E-state index is 12.6. The van der Waals surface area contributed by atoms with Gasteiger partial charge in [-0.2, -0.15) is 5.10 Å². The van der Waals surface area contributed by atoms with Gasteiger partial charge in [0.1, 0.15) is 11.5 Å². The van der Waals surface area contributed by atoms with Crippen LogP contribution in [-0.2, 0) is 11.3 Å². The SMILES string of the molecule is O=C(O)CCNC(=O)c1cccc(Cn2nc(-c3ccc(OC(F)(F)F)cc3)cc2-c2ccc(OC(F)(F)F)cc2)c1. The second-order valence-electron chi connectivity index (χ2n) is 8.82. The van der Waals surface area contributed by atoms with Crippen LogP contribution in [0.4, 0.5) is 26.3 Å². The number of hydrogen-bond acceptors (Lipinski definition) is 5. The summed E-state index contributed by atoms with van der Waals surface area (Å²) in [4.78, 5) is 23.2. The van der Waals surface area contributed by atoms with Crippen LogP contribution in [0, 0.1) is 0 Å². The zero-order chi connectivity index (χ0) is 30.5. The zero-order valence-corrected chi connectivity index (χ0v) is 21.4. The number of nitrogens with one attached hydrogen (secondary N) is 1. The van der Waals surface area contributed by atoms with Crippen molar-refractivity contribution < 1.29 is 50.5 Å². The molecule has 8 nitrogen and oxygen atoms in total. The van der Waals surface area contributed by atoms with E-state index < -0.39 is 36.1 Å². The Labute approximate surface area is 234 Å². The molecular weight excluding hydrogens is 572 g/mol. The number of halogens is 6. The number of aromatic nitrogens is 2. The Morgan fingerprint density at radius 1 is 0.810 bits per heavy atom. The number of benzene rings is 3. The maximum atomic E-state index is 12.6. The molecule has 1 amide bonds. The van der Waals surface area contributed by atoms with Crippen LogP contribution in [0.3, 0.4) is 0 Å². The number of ether oxygens (including phenoxy) is 2. The average molecular weight is 593 g/mol. The highest BCUT2D eigenvalue weighted by Gasteiger charge is 2.31. The molecule has 1 aromatic heterocycles. The van der Waals surface area contributed by atoms with Crippen molar-refractivity contribution >= 4 is 11.9 Å². The van der Waals surface area contributed by atoms with Crippen molar-refractivity contribution in [3.05, 3.63) is 90.0 Å². The number of carboxylic acids is 1. The summed E-state index contributed by atoms with van der Waals surface area (Å²) in [7, 11) is 0. The van der Waals surface area contributed by atoms with E-state index in [1.165, 1.54) is 28.9 Å². The summed E-state index contributed by atoms with van der Waals surface area (Å²) in [5.41, 5.74) is 2.58. The molecule has 0 saturated heterocycles.